The second-order valence-electron chi connectivity index (χ2n) is 6.59. The number of nitrogens with zero attached hydrogens (tertiary/aromatic N) is 3. The first-order chi connectivity index (χ1) is 14.5. The summed E-state index contributed by atoms with van der Waals surface area (Å²) in [4.78, 5) is 29.4. The lowest BCUT2D eigenvalue weighted by Gasteiger charge is -2.12. The van der Waals surface area contributed by atoms with Gasteiger partial charge in [0.15, 0.2) is 11.6 Å². The molecule has 4 aromatic rings. The maximum absolute atomic E-state index is 13.4. The predicted molar refractivity (Wildman–Crippen MR) is 107 cm³/mol. The first kappa shape index (κ1) is 19.4. The van der Waals surface area contributed by atoms with Crippen molar-refractivity contribution >= 4 is 16.7 Å². The number of benzene rings is 2. The van der Waals surface area contributed by atoms with Crippen LogP contribution in [-0.2, 0) is 13.1 Å². The Hall–Kier alpha value is -3.94. The lowest BCUT2D eigenvalue weighted by Crippen LogP contribution is -2.29. The second kappa shape index (κ2) is 8.20. The molecule has 2 heterocycles. The number of pyridine rings is 1. The fraction of sp³-hybridized carbons (Fsp3) is 0.0909. The minimum Gasteiger partial charge on any atom is -0.346 e. The smallest absolute Gasteiger partial charge is 0.275 e. The van der Waals surface area contributed by atoms with E-state index in [0.717, 1.165) is 12.1 Å². The van der Waals surface area contributed by atoms with Gasteiger partial charge >= 0.3 is 0 Å². The Kier molecular flexibility index (Phi) is 5.30. The molecular formula is C22H16F2N4O2. The van der Waals surface area contributed by atoms with Crippen LogP contribution in [0, 0.1) is 11.6 Å². The minimum atomic E-state index is -1.10. The molecule has 0 saturated carbocycles. The van der Waals surface area contributed by atoms with Crippen molar-refractivity contribution in [3.05, 3.63) is 106 Å². The number of nitrogens with one attached hydrogen (secondary N) is 1. The van der Waals surface area contributed by atoms with Crippen LogP contribution >= 0.6 is 0 Å². The third-order valence-corrected chi connectivity index (χ3v) is 4.58. The Morgan fingerprint density at radius 2 is 1.73 bits per heavy atom. The molecule has 0 aliphatic carbocycles. The van der Waals surface area contributed by atoms with Gasteiger partial charge in [0, 0.05) is 17.1 Å². The molecule has 0 aliphatic rings. The molecule has 8 heteroatoms. The van der Waals surface area contributed by atoms with E-state index in [9.17, 15) is 18.4 Å². The number of hydrogen-bond acceptors (Lipinski definition) is 4. The van der Waals surface area contributed by atoms with Crippen LogP contribution in [-0.4, -0.2) is 20.7 Å². The summed E-state index contributed by atoms with van der Waals surface area (Å²) in [6.07, 6.45) is 1.63. The number of amides is 1. The zero-order chi connectivity index (χ0) is 21.1. The van der Waals surface area contributed by atoms with Gasteiger partial charge in [0.2, 0.25) is 0 Å². The number of carbonyl (C=O) groups is 1. The van der Waals surface area contributed by atoms with E-state index in [4.69, 9.17) is 0 Å². The molecule has 6 nitrogen and oxygen atoms in total. The molecule has 0 aliphatic heterocycles. The SMILES string of the molecule is O=C(NCc1nn(Cc2ccccn2)c(=O)c2ccccc12)c1ccc(F)c(F)c1. The van der Waals surface area contributed by atoms with Gasteiger partial charge < -0.3 is 5.32 Å². The third-order valence-electron chi connectivity index (χ3n) is 4.58. The highest BCUT2D eigenvalue weighted by Gasteiger charge is 2.14. The summed E-state index contributed by atoms with van der Waals surface area (Å²) >= 11 is 0. The summed E-state index contributed by atoms with van der Waals surface area (Å²) in [6.45, 7) is 0.176. The molecule has 150 valence electrons. The van der Waals surface area contributed by atoms with Crippen LogP contribution < -0.4 is 10.9 Å². The van der Waals surface area contributed by atoms with Gasteiger partial charge in [0.1, 0.15) is 0 Å². The second-order valence-corrected chi connectivity index (χ2v) is 6.59. The molecule has 1 N–H and O–H groups in total. The summed E-state index contributed by atoms with van der Waals surface area (Å²) in [6, 6.07) is 15.3. The normalized spacial score (nSPS) is 10.9. The van der Waals surface area contributed by atoms with Crippen LogP contribution in [0.3, 0.4) is 0 Å². The summed E-state index contributed by atoms with van der Waals surface area (Å²) in [7, 11) is 0. The molecule has 2 aromatic carbocycles. The van der Waals surface area contributed by atoms with Crippen molar-refractivity contribution in [1.82, 2.24) is 20.1 Å². The van der Waals surface area contributed by atoms with Crippen molar-refractivity contribution in [3.8, 4) is 0 Å². The van der Waals surface area contributed by atoms with Gasteiger partial charge in [-0.1, -0.05) is 24.3 Å². The molecule has 0 saturated heterocycles. The largest absolute Gasteiger partial charge is 0.346 e. The average molecular weight is 406 g/mol. The van der Waals surface area contributed by atoms with Gasteiger partial charge in [-0.15, -0.1) is 0 Å². The summed E-state index contributed by atoms with van der Waals surface area (Å²) in [5, 5.41) is 8.11. The maximum Gasteiger partial charge on any atom is 0.275 e. The fourth-order valence-electron chi connectivity index (χ4n) is 3.09. The van der Waals surface area contributed by atoms with Crippen molar-refractivity contribution in [2.24, 2.45) is 0 Å². The molecule has 0 bridgehead atoms. The minimum absolute atomic E-state index is 0.000834. The molecular weight excluding hydrogens is 390 g/mol. The van der Waals surface area contributed by atoms with Crippen LogP contribution in [0.5, 0.6) is 0 Å². The molecule has 30 heavy (non-hydrogen) atoms. The van der Waals surface area contributed by atoms with Crippen molar-refractivity contribution < 1.29 is 13.6 Å². The quantitative estimate of drug-likeness (QED) is 0.553. The number of aromatic nitrogens is 3. The molecule has 0 fully saturated rings. The third kappa shape index (κ3) is 3.93. The number of carbonyl (C=O) groups excluding carboxylic acids is 1. The van der Waals surface area contributed by atoms with Gasteiger partial charge in [0.05, 0.1) is 29.9 Å². The highest BCUT2D eigenvalue weighted by molar-refractivity contribution is 5.94. The standard InChI is InChI=1S/C22H16F2N4O2/c23-18-9-8-14(11-19(18)24)21(29)26-12-20-16-6-1-2-7-17(16)22(30)28(27-20)13-15-5-3-4-10-25-15/h1-11H,12-13H2,(H,26,29). The number of rotatable bonds is 5. The van der Waals surface area contributed by atoms with E-state index >= 15 is 0 Å². The Labute approximate surface area is 169 Å². The topological polar surface area (TPSA) is 76.9 Å². The van der Waals surface area contributed by atoms with Crippen LogP contribution in [0.1, 0.15) is 21.7 Å². The highest BCUT2D eigenvalue weighted by Crippen LogP contribution is 2.14. The molecule has 0 radical (unpaired) electrons. The number of fused-ring (bicyclic) bond motifs is 1. The van der Waals surface area contributed by atoms with Crippen molar-refractivity contribution in [2.75, 3.05) is 0 Å². The Bertz CT molecular complexity index is 1290. The van der Waals surface area contributed by atoms with Crippen LogP contribution in [0.4, 0.5) is 8.78 Å². The number of hydrogen-bond donors (Lipinski definition) is 1. The zero-order valence-corrected chi connectivity index (χ0v) is 15.7. The van der Waals surface area contributed by atoms with Crippen LogP contribution in [0.2, 0.25) is 0 Å². The fourth-order valence-corrected chi connectivity index (χ4v) is 3.09. The summed E-state index contributed by atoms with van der Waals surface area (Å²) < 4.78 is 27.8. The van der Waals surface area contributed by atoms with E-state index in [2.05, 4.69) is 15.4 Å². The Morgan fingerprint density at radius 1 is 0.967 bits per heavy atom. The van der Waals surface area contributed by atoms with E-state index in [-0.39, 0.29) is 24.2 Å². The van der Waals surface area contributed by atoms with Crippen molar-refractivity contribution in [3.63, 3.8) is 0 Å². The lowest BCUT2D eigenvalue weighted by molar-refractivity contribution is 0.0950. The van der Waals surface area contributed by atoms with Gasteiger partial charge in [-0.2, -0.15) is 5.10 Å². The Morgan fingerprint density at radius 3 is 2.47 bits per heavy atom. The highest BCUT2D eigenvalue weighted by atomic mass is 19.2. The van der Waals surface area contributed by atoms with Gasteiger partial charge in [0.25, 0.3) is 11.5 Å². The Balaban J connectivity index is 1.65. The lowest BCUT2D eigenvalue weighted by atomic mass is 10.1. The zero-order valence-electron chi connectivity index (χ0n) is 15.7. The van der Waals surface area contributed by atoms with E-state index < -0.39 is 17.5 Å². The van der Waals surface area contributed by atoms with Crippen LogP contribution in [0.15, 0.2) is 71.7 Å². The monoisotopic (exact) mass is 406 g/mol. The van der Waals surface area contributed by atoms with E-state index in [1.54, 1.807) is 42.6 Å². The van der Waals surface area contributed by atoms with E-state index in [1.165, 1.54) is 10.7 Å². The predicted octanol–water partition coefficient (Wildman–Crippen LogP) is 3.05. The van der Waals surface area contributed by atoms with Crippen molar-refractivity contribution in [1.29, 1.82) is 0 Å². The van der Waals surface area contributed by atoms with E-state index in [0.29, 0.717) is 22.2 Å². The molecule has 1 amide bonds. The summed E-state index contributed by atoms with van der Waals surface area (Å²) in [5.41, 5.74) is 0.850. The van der Waals surface area contributed by atoms with Crippen LogP contribution in [0.25, 0.3) is 10.8 Å². The van der Waals surface area contributed by atoms with Gasteiger partial charge in [-0.05, 0) is 36.4 Å². The van der Waals surface area contributed by atoms with Gasteiger partial charge in [-0.25, -0.2) is 13.5 Å². The molecule has 0 spiro atoms. The first-order valence-electron chi connectivity index (χ1n) is 9.15. The maximum atomic E-state index is 13.4. The van der Waals surface area contributed by atoms with E-state index in [1.807, 2.05) is 6.07 Å². The first-order valence-corrected chi connectivity index (χ1v) is 9.15. The van der Waals surface area contributed by atoms with Crippen molar-refractivity contribution in [2.45, 2.75) is 13.1 Å². The van der Waals surface area contributed by atoms with Gasteiger partial charge in [-0.3, -0.25) is 14.6 Å². The molecule has 2 aromatic heterocycles. The summed E-state index contributed by atoms with van der Waals surface area (Å²) in [5.74, 6) is -2.71. The molecule has 0 unspecified atom stereocenters. The number of halogens is 2. The average Bonchev–Trinajstić information content (AvgIpc) is 2.77. The molecule has 0 atom stereocenters. The molecule has 4 rings (SSSR count).